The van der Waals surface area contributed by atoms with E-state index in [1.165, 1.54) is 74.4 Å². The van der Waals surface area contributed by atoms with Crippen LogP contribution in [-0.2, 0) is 10.8 Å². The number of hydrogen-bond acceptors (Lipinski definition) is 2. The molecule has 0 atom stereocenters. The molecule has 44 heavy (non-hydrogen) atoms. The molecule has 0 fully saturated rings. The van der Waals surface area contributed by atoms with E-state index < -0.39 is 0 Å². The van der Waals surface area contributed by atoms with E-state index in [9.17, 15) is 0 Å². The van der Waals surface area contributed by atoms with E-state index in [1.54, 1.807) is 0 Å². The average Bonchev–Trinajstić information content (AvgIpc) is 3.63. The molecule has 0 aliphatic rings. The van der Waals surface area contributed by atoms with E-state index in [0.29, 0.717) is 0 Å². The van der Waals surface area contributed by atoms with Crippen molar-refractivity contribution in [1.82, 2.24) is 0 Å². The lowest BCUT2D eigenvalue weighted by molar-refractivity contribution is 0.590. The summed E-state index contributed by atoms with van der Waals surface area (Å²) in [5.41, 5.74) is 10.7. The van der Waals surface area contributed by atoms with E-state index in [1.807, 2.05) is 22.7 Å². The van der Waals surface area contributed by atoms with Gasteiger partial charge in [-0.15, -0.1) is 22.7 Å². The third kappa shape index (κ3) is 5.65. The molecule has 2 aromatic heterocycles. The summed E-state index contributed by atoms with van der Waals surface area (Å²) in [7, 11) is 0. The lowest BCUT2D eigenvalue weighted by Gasteiger charge is -2.19. The molecular weight excluding hydrogens is 569 g/mol. The van der Waals surface area contributed by atoms with Crippen LogP contribution in [0.15, 0.2) is 121 Å². The van der Waals surface area contributed by atoms with Crippen LogP contribution in [0.5, 0.6) is 0 Å². The molecule has 0 N–H and O–H groups in total. The second kappa shape index (κ2) is 10.9. The average molecular weight is 607 g/mol. The van der Waals surface area contributed by atoms with Crippen molar-refractivity contribution in [2.45, 2.75) is 52.4 Å². The first kappa shape index (κ1) is 28.8. The molecule has 0 saturated heterocycles. The van der Waals surface area contributed by atoms with Crippen LogP contribution in [0, 0.1) is 0 Å². The standard InChI is InChI=1S/C42H38S2/c1-41(2,3)35-19-15-29(16-20-35)27-7-11-31(12-8-27)37-23-33-25-40-34(26-39(33)43-37)24-38(44-40)32-13-9-28(10-14-32)30-17-21-36(22-18-30)42(4,5)6/h7-26H,1-6H3. The van der Waals surface area contributed by atoms with E-state index in [-0.39, 0.29) is 10.8 Å². The summed E-state index contributed by atoms with van der Waals surface area (Å²) in [5, 5.41) is 2.64. The quantitative estimate of drug-likeness (QED) is 0.187. The molecule has 0 saturated carbocycles. The monoisotopic (exact) mass is 606 g/mol. The number of benzene rings is 5. The number of thiophene rings is 2. The van der Waals surface area contributed by atoms with Gasteiger partial charge in [0.25, 0.3) is 0 Å². The first-order valence-corrected chi connectivity index (χ1v) is 17.0. The predicted molar refractivity (Wildman–Crippen MR) is 196 cm³/mol. The summed E-state index contributed by atoms with van der Waals surface area (Å²) in [6.45, 7) is 13.6. The van der Waals surface area contributed by atoms with Crippen molar-refractivity contribution in [2.75, 3.05) is 0 Å². The molecule has 0 nitrogen and oxygen atoms in total. The van der Waals surface area contributed by atoms with Crippen molar-refractivity contribution in [3.8, 4) is 43.1 Å². The molecule has 0 unspecified atom stereocenters. The maximum atomic E-state index is 2.37. The molecule has 0 radical (unpaired) electrons. The van der Waals surface area contributed by atoms with Crippen LogP contribution < -0.4 is 0 Å². The Morgan fingerprint density at radius 3 is 0.909 bits per heavy atom. The predicted octanol–water partition coefficient (Wildman–Crippen LogP) is 13.4. The number of fused-ring (bicyclic) bond motifs is 2. The fraction of sp³-hybridized carbons (Fsp3) is 0.190. The Morgan fingerprint density at radius 2 is 0.614 bits per heavy atom. The zero-order valence-corrected chi connectivity index (χ0v) is 28.0. The summed E-state index contributed by atoms with van der Waals surface area (Å²) in [6.07, 6.45) is 0. The molecule has 0 aliphatic carbocycles. The van der Waals surface area contributed by atoms with Crippen molar-refractivity contribution in [3.63, 3.8) is 0 Å². The Hall–Kier alpha value is -3.98. The maximum Gasteiger partial charge on any atom is 0.0356 e. The summed E-state index contributed by atoms with van der Waals surface area (Å²) in [4.78, 5) is 2.64. The molecule has 0 bridgehead atoms. The van der Waals surface area contributed by atoms with Gasteiger partial charge in [-0.25, -0.2) is 0 Å². The Balaban J connectivity index is 1.11. The fourth-order valence-electron chi connectivity index (χ4n) is 5.84. The highest BCUT2D eigenvalue weighted by Gasteiger charge is 2.15. The fourth-order valence-corrected chi connectivity index (χ4v) is 8.03. The van der Waals surface area contributed by atoms with Gasteiger partial charge in [-0.2, -0.15) is 0 Å². The van der Waals surface area contributed by atoms with Gasteiger partial charge < -0.3 is 0 Å². The largest absolute Gasteiger partial charge is 0.135 e. The maximum absolute atomic E-state index is 2.37. The summed E-state index contributed by atoms with van der Waals surface area (Å²) < 4.78 is 2.68. The third-order valence-electron chi connectivity index (χ3n) is 8.66. The van der Waals surface area contributed by atoms with Crippen molar-refractivity contribution in [3.05, 3.63) is 132 Å². The van der Waals surface area contributed by atoms with E-state index >= 15 is 0 Å². The smallest absolute Gasteiger partial charge is 0.0356 e. The van der Waals surface area contributed by atoms with Crippen molar-refractivity contribution < 1.29 is 0 Å². The molecule has 0 amide bonds. The van der Waals surface area contributed by atoms with Crippen LogP contribution in [0.1, 0.15) is 52.7 Å². The molecule has 7 rings (SSSR count). The van der Waals surface area contributed by atoms with Gasteiger partial charge in [0.05, 0.1) is 0 Å². The Kier molecular flexibility index (Phi) is 7.11. The van der Waals surface area contributed by atoms with Crippen molar-refractivity contribution in [2.24, 2.45) is 0 Å². The van der Waals surface area contributed by atoms with Gasteiger partial charge in [0.2, 0.25) is 0 Å². The van der Waals surface area contributed by atoms with Crippen LogP contribution in [0.2, 0.25) is 0 Å². The first-order valence-electron chi connectivity index (χ1n) is 15.4. The third-order valence-corrected chi connectivity index (χ3v) is 11.0. The highest BCUT2D eigenvalue weighted by Crippen LogP contribution is 2.41. The molecule has 7 aromatic rings. The zero-order chi connectivity index (χ0) is 30.6. The minimum absolute atomic E-state index is 0.172. The van der Waals surface area contributed by atoms with Gasteiger partial charge in [-0.3, -0.25) is 0 Å². The molecule has 218 valence electrons. The Labute approximate surface area is 269 Å². The topological polar surface area (TPSA) is 0 Å². The highest BCUT2D eigenvalue weighted by atomic mass is 32.1. The van der Waals surface area contributed by atoms with E-state index in [0.717, 1.165) is 0 Å². The van der Waals surface area contributed by atoms with Crippen LogP contribution in [0.4, 0.5) is 0 Å². The number of hydrogen-bond donors (Lipinski definition) is 0. The second-order valence-electron chi connectivity index (χ2n) is 14.0. The van der Waals surface area contributed by atoms with Gasteiger partial charge >= 0.3 is 0 Å². The SMILES string of the molecule is CC(C)(C)c1ccc(-c2ccc(-c3cc4cc5sc(-c6ccc(-c7ccc(C(C)(C)C)cc7)cc6)cc5cc4s3)cc2)cc1. The molecule has 2 heteroatoms. The Morgan fingerprint density at radius 1 is 0.341 bits per heavy atom. The van der Waals surface area contributed by atoms with E-state index in [4.69, 9.17) is 0 Å². The van der Waals surface area contributed by atoms with Gasteiger partial charge in [0.15, 0.2) is 0 Å². The van der Waals surface area contributed by atoms with E-state index in [2.05, 4.69) is 163 Å². The Bertz CT molecular complexity index is 1870. The second-order valence-corrected chi connectivity index (χ2v) is 16.1. The van der Waals surface area contributed by atoms with Gasteiger partial charge in [-0.05, 0) is 90.4 Å². The highest BCUT2D eigenvalue weighted by molar-refractivity contribution is 7.23. The van der Waals surface area contributed by atoms with Crippen molar-refractivity contribution in [1.29, 1.82) is 0 Å². The van der Waals surface area contributed by atoms with Crippen LogP contribution in [0.25, 0.3) is 63.3 Å². The summed E-state index contributed by atoms with van der Waals surface area (Å²) in [5.74, 6) is 0. The summed E-state index contributed by atoms with van der Waals surface area (Å²) in [6, 6.07) is 45.5. The van der Waals surface area contributed by atoms with Gasteiger partial charge in [-0.1, -0.05) is 139 Å². The first-order chi connectivity index (χ1) is 21.0. The lowest BCUT2D eigenvalue weighted by atomic mass is 9.86. The van der Waals surface area contributed by atoms with Crippen LogP contribution in [-0.4, -0.2) is 0 Å². The molecule has 0 spiro atoms. The van der Waals surface area contributed by atoms with Gasteiger partial charge in [0.1, 0.15) is 0 Å². The number of rotatable bonds is 4. The van der Waals surface area contributed by atoms with Crippen LogP contribution >= 0.6 is 22.7 Å². The molecule has 5 aromatic carbocycles. The molecule has 2 heterocycles. The lowest BCUT2D eigenvalue weighted by Crippen LogP contribution is -2.10. The summed E-state index contributed by atoms with van der Waals surface area (Å²) >= 11 is 3.77. The molecular formula is C42H38S2. The van der Waals surface area contributed by atoms with Gasteiger partial charge in [0, 0.05) is 19.2 Å². The minimum atomic E-state index is 0.172. The minimum Gasteiger partial charge on any atom is -0.135 e. The zero-order valence-electron chi connectivity index (χ0n) is 26.4. The van der Waals surface area contributed by atoms with Crippen molar-refractivity contribution >= 4 is 42.8 Å². The molecule has 0 aliphatic heterocycles. The normalized spacial score (nSPS) is 12.3. The van der Waals surface area contributed by atoms with Crippen LogP contribution in [0.3, 0.4) is 0 Å².